The van der Waals surface area contributed by atoms with Crippen LogP contribution in [0.1, 0.15) is 20.7 Å². The molecule has 1 amide bonds. The van der Waals surface area contributed by atoms with Crippen molar-refractivity contribution in [2.75, 3.05) is 19.5 Å². The lowest BCUT2D eigenvalue weighted by Crippen LogP contribution is -2.28. The van der Waals surface area contributed by atoms with Gasteiger partial charge in [0.05, 0.1) is 37.1 Å². The summed E-state index contributed by atoms with van der Waals surface area (Å²) in [7, 11) is 2.41. The number of ether oxygens (including phenoxy) is 2. The molecule has 172 valence electrons. The van der Waals surface area contributed by atoms with E-state index in [1.165, 1.54) is 54.6 Å². The van der Waals surface area contributed by atoms with Gasteiger partial charge in [-0.2, -0.15) is 0 Å². The van der Waals surface area contributed by atoms with E-state index in [4.69, 9.17) is 9.47 Å². The second-order valence-corrected chi connectivity index (χ2v) is 8.06. The molecule has 0 saturated heterocycles. The van der Waals surface area contributed by atoms with Crippen LogP contribution in [0.15, 0.2) is 65.0 Å². The fraction of sp³-hybridized carbons (Fsp3) is 0.125. The van der Waals surface area contributed by atoms with Crippen LogP contribution in [0.5, 0.6) is 0 Å². The number of nitrogens with zero attached hydrogens (tertiary/aromatic N) is 2. The van der Waals surface area contributed by atoms with Crippen LogP contribution in [0.3, 0.4) is 0 Å². The van der Waals surface area contributed by atoms with Gasteiger partial charge >= 0.3 is 11.9 Å². The highest BCUT2D eigenvalue weighted by Gasteiger charge is 2.17. The summed E-state index contributed by atoms with van der Waals surface area (Å²) in [4.78, 5) is 54.7. The maximum atomic E-state index is 13.2. The molecule has 0 aliphatic heterocycles. The quantitative estimate of drug-likeness (QED) is 0.423. The third kappa shape index (κ3) is 4.57. The monoisotopic (exact) mass is 477 g/mol. The summed E-state index contributed by atoms with van der Waals surface area (Å²) in [5, 5.41) is 4.91. The molecule has 0 saturated carbocycles. The summed E-state index contributed by atoms with van der Waals surface area (Å²) in [5.74, 6) is -1.91. The van der Waals surface area contributed by atoms with Crippen LogP contribution in [-0.4, -0.2) is 41.6 Å². The van der Waals surface area contributed by atoms with Crippen molar-refractivity contribution in [1.29, 1.82) is 0 Å². The van der Waals surface area contributed by atoms with E-state index in [2.05, 4.69) is 10.3 Å². The Bertz CT molecular complexity index is 1420. The lowest BCUT2D eigenvalue weighted by Gasteiger charge is -2.10. The van der Waals surface area contributed by atoms with Gasteiger partial charge in [0.15, 0.2) is 0 Å². The van der Waals surface area contributed by atoms with Crippen molar-refractivity contribution in [2.24, 2.45) is 0 Å². The second kappa shape index (κ2) is 9.67. The number of carbonyl (C=O) groups is 3. The Labute approximate surface area is 197 Å². The fourth-order valence-electron chi connectivity index (χ4n) is 3.44. The standard InChI is InChI=1S/C24H19N3O6S/c1-32-23(30)15-8-16(24(31)33-2)10-17(9-15)26-19(28)11-27-13-25-21-20(22(27)29)18(12-34-21)14-6-4-3-5-7-14/h3-10,12-13H,11H2,1-2H3,(H,26,28). The number of hydrogen-bond acceptors (Lipinski definition) is 8. The molecule has 0 radical (unpaired) electrons. The smallest absolute Gasteiger partial charge is 0.337 e. The second-order valence-electron chi connectivity index (χ2n) is 7.20. The van der Waals surface area contributed by atoms with Gasteiger partial charge in [0.25, 0.3) is 5.56 Å². The van der Waals surface area contributed by atoms with Gasteiger partial charge < -0.3 is 14.8 Å². The summed E-state index contributed by atoms with van der Waals surface area (Å²) < 4.78 is 10.6. The number of anilines is 1. The zero-order valence-corrected chi connectivity index (χ0v) is 19.0. The minimum atomic E-state index is -0.682. The number of aromatic nitrogens is 2. The molecule has 1 N–H and O–H groups in total. The Kier molecular flexibility index (Phi) is 6.51. The Morgan fingerprint density at radius 2 is 1.65 bits per heavy atom. The minimum absolute atomic E-state index is 0.0618. The van der Waals surface area contributed by atoms with Gasteiger partial charge in [-0.15, -0.1) is 11.3 Å². The van der Waals surface area contributed by atoms with Crippen LogP contribution in [0.2, 0.25) is 0 Å². The van der Waals surface area contributed by atoms with E-state index in [1.54, 1.807) is 0 Å². The van der Waals surface area contributed by atoms with Crippen LogP contribution in [0.4, 0.5) is 5.69 Å². The third-order valence-corrected chi connectivity index (χ3v) is 5.90. The van der Waals surface area contributed by atoms with E-state index < -0.39 is 17.8 Å². The summed E-state index contributed by atoms with van der Waals surface area (Å²) >= 11 is 1.35. The number of methoxy groups -OCH3 is 2. The number of rotatable bonds is 6. The van der Waals surface area contributed by atoms with Crippen molar-refractivity contribution in [2.45, 2.75) is 6.54 Å². The van der Waals surface area contributed by atoms with Crippen molar-refractivity contribution >= 4 is 45.1 Å². The minimum Gasteiger partial charge on any atom is -0.465 e. The molecule has 0 bridgehead atoms. The highest BCUT2D eigenvalue weighted by atomic mass is 32.1. The van der Waals surface area contributed by atoms with E-state index in [0.717, 1.165) is 11.1 Å². The number of nitrogens with one attached hydrogen (secondary N) is 1. The predicted molar refractivity (Wildman–Crippen MR) is 127 cm³/mol. The lowest BCUT2D eigenvalue weighted by atomic mass is 10.1. The Balaban J connectivity index is 1.63. The van der Waals surface area contributed by atoms with Crippen LogP contribution in [0, 0.1) is 0 Å². The molecule has 0 spiro atoms. The first-order chi connectivity index (χ1) is 16.4. The lowest BCUT2D eigenvalue weighted by molar-refractivity contribution is -0.116. The molecule has 4 aromatic rings. The van der Waals surface area contributed by atoms with Crippen molar-refractivity contribution in [3.8, 4) is 11.1 Å². The largest absolute Gasteiger partial charge is 0.465 e. The zero-order valence-electron chi connectivity index (χ0n) is 18.2. The number of benzene rings is 2. The van der Waals surface area contributed by atoms with Crippen molar-refractivity contribution < 1.29 is 23.9 Å². The summed E-state index contributed by atoms with van der Waals surface area (Å²) in [6.45, 7) is -0.318. The van der Waals surface area contributed by atoms with E-state index >= 15 is 0 Å². The molecule has 0 fully saturated rings. The summed E-state index contributed by atoms with van der Waals surface area (Å²) in [6.07, 6.45) is 1.32. The molecule has 2 heterocycles. The molecule has 4 rings (SSSR count). The van der Waals surface area contributed by atoms with Crippen LogP contribution in [0.25, 0.3) is 21.3 Å². The van der Waals surface area contributed by atoms with Crippen LogP contribution >= 0.6 is 11.3 Å². The Morgan fingerprint density at radius 3 is 2.26 bits per heavy atom. The van der Waals surface area contributed by atoms with Gasteiger partial charge in [-0.05, 0) is 23.8 Å². The highest BCUT2D eigenvalue weighted by molar-refractivity contribution is 7.17. The average molecular weight is 477 g/mol. The highest BCUT2D eigenvalue weighted by Crippen LogP contribution is 2.30. The van der Waals surface area contributed by atoms with Crippen LogP contribution < -0.4 is 10.9 Å². The molecule has 0 atom stereocenters. The topological polar surface area (TPSA) is 117 Å². The summed E-state index contributed by atoms with van der Waals surface area (Å²) in [6, 6.07) is 13.5. The fourth-order valence-corrected chi connectivity index (χ4v) is 4.34. The van der Waals surface area contributed by atoms with Gasteiger partial charge in [0.1, 0.15) is 11.4 Å². The molecule has 0 aliphatic rings. The van der Waals surface area contributed by atoms with Crippen molar-refractivity contribution in [3.63, 3.8) is 0 Å². The first-order valence-corrected chi connectivity index (χ1v) is 10.9. The third-order valence-electron chi connectivity index (χ3n) is 5.02. The van der Waals surface area contributed by atoms with E-state index in [0.29, 0.717) is 10.2 Å². The molecule has 2 aromatic carbocycles. The maximum Gasteiger partial charge on any atom is 0.337 e. The van der Waals surface area contributed by atoms with Gasteiger partial charge in [0.2, 0.25) is 5.91 Å². The van der Waals surface area contributed by atoms with Gasteiger partial charge in [0, 0.05) is 16.6 Å². The van der Waals surface area contributed by atoms with Gasteiger partial charge in [-0.25, -0.2) is 14.6 Å². The van der Waals surface area contributed by atoms with E-state index in [1.807, 2.05) is 35.7 Å². The molecule has 0 aliphatic carbocycles. The molecule has 0 unspecified atom stereocenters. The van der Waals surface area contributed by atoms with Crippen molar-refractivity contribution in [1.82, 2.24) is 9.55 Å². The van der Waals surface area contributed by atoms with Crippen LogP contribution in [-0.2, 0) is 20.8 Å². The number of hydrogen-bond donors (Lipinski definition) is 1. The zero-order chi connectivity index (χ0) is 24.2. The van der Waals surface area contributed by atoms with E-state index in [-0.39, 0.29) is 28.9 Å². The molecule has 10 heteroatoms. The first kappa shape index (κ1) is 22.9. The Hall–Kier alpha value is -4.31. The van der Waals surface area contributed by atoms with Crippen molar-refractivity contribution in [3.05, 3.63) is 81.7 Å². The SMILES string of the molecule is COC(=O)c1cc(NC(=O)Cn2cnc3scc(-c4ccccc4)c3c2=O)cc(C(=O)OC)c1. The normalized spacial score (nSPS) is 10.6. The van der Waals surface area contributed by atoms with Gasteiger partial charge in [-0.3, -0.25) is 14.2 Å². The molecular formula is C24H19N3O6S. The maximum absolute atomic E-state index is 13.2. The first-order valence-electron chi connectivity index (χ1n) is 10.0. The Morgan fingerprint density at radius 1 is 1.00 bits per heavy atom. The van der Waals surface area contributed by atoms with Gasteiger partial charge in [-0.1, -0.05) is 30.3 Å². The number of carbonyl (C=O) groups excluding carboxylic acids is 3. The number of amides is 1. The number of thiophene rings is 1. The molecular weight excluding hydrogens is 458 g/mol. The molecule has 9 nitrogen and oxygen atoms in total. The molecule has 2 aromatic heterocycles. The molecule has 34 heavy (non-hydrogen) atoms. The summed E-state index contributed by atoms with van der Waals surface area (Å²) in [5.41, 5.74) is 1.58. The average Bonchev–Trinajstić information content (AvgIpc) is 3.30. The number of esters is 2. The number of fused-ring (bicyclic) bond motifs is 1. The van der Waals surface area contributed by atoms with E-state index in [9.17, 15) is 19.2 Å². The predicted octanol–water partition coefficient (Wildman–Crippen LogP) is 3.34.